The molecule has 104 valence electrons. The summed E-state index contributed by atoms with van der Waals surface area (Å²) in [5.41, 5.74) is 2.52. The normalized spacial score (nSPS) is 24.4. The van der Waals surface area contributed by atoms with E-state index in [1.807, 2.05) is 7.05 Å². The molecule has 1 N–H and O–H groups in total. The van der Waals surface area contributed by atoms with Crippen molar-refractivity contribution in [3.8, 4) is 0 Å². The van der Waals surface area contributed by atoms with Crippen LogP contribution in [0.15, 0.2) is 18.2 Å². The smallest absolute Gasteiger partial charge is 0.308 e. The Bertz CT molecular complexity index is 475. The van der Waals surface area contributed by atoms with Gasteiger partial charge in [-0.05, 0) is 72.1 Å². The lowest BCUT2D eigenvalue weighted by molar-refractivity contribution is -0.144. The molecule has 1 saturated heterocycles. The van der Waals surface area contributed by atoms with Crippen LogP contribution in [0.25, 0.3) is 0 Å². The minimum Gasteiger partial charge on any atom is -0.481 e. The molecule has 0 aromatic heterocycles. The Hall–Kier alpha value is -0.620. The standard InChI is InChI=1S/C15H20INO2/c1-3-10-4-5-11(8-14(10)16)12-6-7-17(2)9-13(12)15(18)19/h4-5,8,12-13H,3,6-7,9H2,1-2H3,(H,18,19). The van der Waals surface area contributed by atoms with Gasteiger partial charge < -0.3 is 10.0 Å². The van der Waals surface area contributed by atoms with Crippen molar-refractivity contribution in [2.75, 3.05) is 20.1 Å². The summed E-state index contributed by atoms with van der Waals surface area (Å²) < 4.78 is 1.25. The first-order valence-corrected chi connectivity index (χ1v) is 7.80. The van der Waals surface area contributed by atoms with Crippen LogP contribution in [-0.4, -0.2) is 36.1 Å². The van der Waals surface area contributed by atoms with E-state index in [2.05, 4.69) is 52.6 Å². The third kappa shape index (κ3) is 3.28. The molecule has 1 aromatic carbocycles. The highest BCUT2D eigenvalue weighted by atomic mass is 127. The lowest BCUT2D eigenvalue weighted by Crippen LogP contribution is -2.40. The minimum absolute atomic E-state index is 0.146. The van der Waals surface area contributed by atoms with E-state index in [9.17, 15) is 9.90 Å². The number of aliphatic carboxylic acids is 1. The molecule has 3 nitrogen and oxygen atoms in total. The fourth-order valence-corrected chi connectivity index (χ4v) is 3.77. The fourth-order valence-electron chi connectivity index (χ4n) is 2.85. The Morgan fingerprint density at radius 1 is 1.53 bits per heavy atom. The van der Waals surface area contributed by atoms with Crippen molar-refractivity contribution in [3.05, 3.63) is 32.9 Å². The van der Waals surface area contributed by atoms with Gasteiger partial charge in [0.1, 0.15) is 0 Å². The Balaban J connectivity index is 2.28. The average Bonchev–Trinajstić information content (AvgIpc) is 2.38. The van der Waals surface area contributed by atoms with Crippen LogP contribution in [-0.2, 0) is 11.2 Å². The zero-order valence-electron chi connectivity index (χ0n) is 11.4. The monoisotopic (exact) mass is 373 g/mol. The highest BCUT2D eigenvalue weighted by molar-refractivity contribution is 14.1. The van der Waals surface area contributed by atoms with Gasteiger partial charge >= 0.3 is 5.97 Å². The maximum Gasteiger partial charge on any atom is 0.308 e. The second-order valence-electron chi connectivity index (χ2n) is 5.31. The first kappa shape index (κ1) is 14.8. The molecule has 1 aliphatic rings. The van der Waals surface area contributed by atoms with Crippen molar-refractivity contribution in [1.29, 1.82) is 0 Å². The molecular weight excluding hydrogens is 353 g/mol. The molecule has 0 bridgehead atoms. The molecule has 0 amide bonds. The number of aryl methyl sites for hydroxylation is 1. The van der Waals surface area contributed by atoms with Crippen molar-refractivity contribution < 1.29 is 9.90 Å². The Morgan fingerprint density at radius 3 is 2.84 bits per heavy atom. The van der Waals surface area contributed by atoms with Crippen molar-refractivity contribution in [1.82, 2.24) is 4.90 Å². The minimum atomic E-state index is -0.675. The molecular formula is C15H20INO2. The van der Waals surface area contributed by atoms with Crippen molar-refractivity contribution in [3.63, 3.8) is 0 Å². The molecule has 0 spiro atoms. The van der Waals surface area contributed by atoms with Gasteiger partial charge in [-0.15, -0.1) is 0 Å². The molecule has 2 rings (SSSR count). The Labute approximate surface area is 128 Å². The molecule has 0 saturated carbocycles. The van der Waals surface area contributed by atoms with Crippen LogP contribution in [0.1, 0.15) is 30.4 Å². The number of likely N-dealkylation sites (tertiary alicyclic amines) is 1. The van der Waals surface area contributed by atoms with E-state index in [0.717, 1.165) is 19.4 Å². The number of piperidine rings is 1. The fraction of sp³-hybridized carbons (Fsp3) is 0.533. The summed E-state index contributed by atoms with van der Waals surface area (Å²) in [4.78, 5) is 13.6. The number of rotatable bonds is 3. The number of carboxylic acid groups (broad SMARTS) is 1. The van der Waals surface area contributed by atoms with Crippen LogP contribution in [0.4, 0.5) is 0 Å². The van der Waals surface area contributed by atoms with Gasteiger partial charge in [0.05, 0.1) is 5.92 Å². The molecule has 4 heteroatoms. The van der Waals surface area contributed by atoms with Crippen LogP contribution in [0, 0.1) is 9.49 Å². The number of carboxylic acids is 1. The summed E-state index contributed by atoms with van der Waals surface area (Å²) >= 11 is 2.35. The first-order chi connectivity index (χ1) is 9.02. The topological polar surface area (TPSA) is 40.5 Å². The zero-order chi connectivity index (χ0) is 14.0. The SMILES string of the molecule is CCc1ccc(C2CCN(C)CC2C(=O)O)cc1I. The Kier molecular flexibility index (Phi) is 4.84. The number of carbonyl (C=O) groups is 1. The molecule has 1 aliphatic heterocycles. The summed E-state index contributed by atoms with van der Waals surface area (Å²) in [6, 6.07) is 6.44. The highest BCUT2D eigenvalue weighted by Gasteiger charge is 2.34. The van der Waals surface area contributed by atoms with Crippen LogP contribution in [0.3, 0.4) is 0 Å². The van der Waals surface area contributed by atoms with E-state index in [4.69, 9.17) is 0 Å². The van der Waals surface area contributed by atoms with Gasteiger partial charge in [-0.3, -0.25) is 4.79 Å². The van der Waals surface area contributed by atoms with E-state index >= 15 is 0 Å². The van der Waals surface area contributed by atoms with Gasteiger partial charge in [0, 0.05) is 10.1 Å². The van der Waals surface area contributed by atoms with E-state index in [-0.39, 0.29) is 11.8 Å². The average molecular weight is 373 g/mol. The highest BCUT2D eigenvalue weighted by Crippen LogP contribution is 2.34. The van der Waals surface area contributed by atoms with E-state index in [1.165, 1.54) is 14.7 Å². The molecule has 1 aromatic rings. The number of nitrogens with zero attached hydrogens (tertiary/aromatic N) is 1. The van der Waals surface area contributed by atoms with Crippen LogP contribution < -0.4 is 0 Å². The van der Waals surface area contributed by atoms with Gasteiger partial charge in [0.15, 0.2) is 0 Å². The van der Waals surface area contributed by atoms with Gasteiger partial charge in [-0.2, -0.15) is 0 Å². The molecule has 19 heavy (non-hydrogen) atoms. The lowest BCUT2D eigenvalue weighted by Gasteiger charge is -2.34. The first-order valence-electron chi connectivity index (χ1n) is 6.72. The summed E-state index contributed by atoms with van der Waals surface area (Å²) in [6.07, 6.45) is 1.95. The van der Waals surface area contributed by atoms with Crippen LogP contribution in [0.5, 0.6) is 0 Å². The Morgan fingerprint density at radius 2 is 2.26 bits per heavy atom. The van der Waals surface area contributed by atoms with Gasteiger partial charge in [0.2, 0.25) is 0 Å². The van der Waals surface area contributed by atoms with E-state index < -0.39 is 5.97 Å². The summed E-state index contributed by atoms with van der Waals surface area (Å²) in [5.74, 6) is -0.818. The molecule has 2 unspecified atom stereocenters. The van der Waals surface area contributed by atoms with E-state index in [1.54, 1.807) is 0 Å². The predicted molar refractivity (Wildman–Crippen MR) is 84.5 cm³/mol. The summed E-state index contributed by atoms with van der Waals surface area (Å²) in [5, 5.41) is 9.43. The zero-order valence-corrected chi connectivity index (χ0v) is 13.6. The number of halogens is 1. The third-order valence-corrected chi connectivity index (χ3v) is 5.02. The number of benzene rings is 1. The molecule has 0 radical (unpaired) electrons. The third-order valence-electron chi connectivity index (χ3n) is 4.02. The van der Waals surface area contributed by atoms with Gasteiger partial charge in [0.25, 0.3) is 0 Å². The largest absolute Gasteiger partial charge is 0.481 e. The molecule has 1 fully saturated rings. The van der Waals surface area contributed by atoms with Crippen molar-refractivity contribution >= 4 is 28.6 Å². The number of hydrogen-bond donors (Lipinski definition) is 1. The quantitative estimate of drug-likeness (QED) is 0.829. The van der Waals surface area contributed by atoms with Crippen LogP contribution in [0.2, 0.25) is 0 Å². The summed E-state index contributed by atoms with van der Waals surface area (Å²) in [7, 11) is 2.00. The maximum absolute atomic E-state index is 11.5. The van der Waals surface area contributed by atoms with Crippen molar-refractivity contribution in [2.24, 2.45) is 5.92 Å². The summed E-state index contributed by atoms with van der Waals surface area (Å²) in [6.45, 7) is 3.76. The predicted octanol–water partition coefficient (Wildman–Crippen LogP) is 2.97. The van der Waals surface area contributed by atoms with Gasteiger partial charge in [-0.25, -0.2) is 0 Å². The van der Waals surface area contributed by atoms with Gasteiger partial charge in [-0.1, -0.05) is 19.1 Å². The molecule has 0 aliphatic carbocycles. The molecule has 1 heterocycles. The van der Waals surface area contributed by atoms with Crippen LogP contribution >= 0.6 is 22.6 Å². The van der Waals surface area contributed by atoms with E-state index in [0.29, 0.717) is 6.54 Å². The van der Waals surface area contributed by atoms with Crippen molar-refractivity contribution in [2.45, 2.75) is 25.7 Å². The second-order valence-corrected chi connectivity index (χ2v) is 6.47. The maximum atomic E-state index is 11.5. The second kappa shape index (κ2) is 6.22. The number of hydrogen-bond acceptors (Lipinski definition) is 2. The molecule has 2 atom stereocenters. The lowest BCUT2D eigenvalue weighted by atomic mass is 9.80.